The lowest BCUT2D eigenvalue weighted by atomic mass is 9.92. The van der Waals surface area contributed by atoms with E-state index >= 15 is 0 Å². The number of carbonyl (C=O) groups is 2. The van der Waals surface area contributed by atoms with Gasteiger partial charge in [-0.25, -0.2) is 0 Å². The molecule has 1 aromatic carbocycles. The summed E-state index contributed by atoms with van der Waals surface area (Å²) >= 11 is 6.22. The number of nitrogens with zero attached hydrogens (tertiary/aromatic N) is 1. The Bertz CT molecular complexity index is 837. The first-order chi connectivity index (χ1) is 13.0. The van der Waals surface area contributed by atoms with Crippen LogP contribution in [0.2, 0.25) is 5.02 Å². The molecule has 0 saturated carbocycles. The minimum atomic E-state index is -0.928. The van der Waals surface area contributed by atoms with E-state index in [0.29, 0.717) is 41.7 Å². The van der Waals surface area contributed by atoms with E-state index in [0.717, 1.165) is 0 Å². The van der Waals surface area contributed by atoms with Gasteiger partial charge >= 0.3 is 5.97 Å². The zero-order chi connectivity index (χ0) is 19.4. The number of halogens is 1. The second-order valence-electron chi connectivity index (χ2n) is 6.22. The van der Waals surface area contributed by atoms with Gasteiger partial charge in [0.15, 0.2) is 11.5 Å². The van der Waals surface area contributed by atoms with Crippen LogP contribution in [0.1, 0.15) is 23.3 Å². The van der Waals surface area contributed by atoms with Crippen molar-refractivity contribution in [1.29, 1.82) is 0 Å². The van der Waals surface area contributed by atoms with Crippen molar-refractivity contribution in [2.75, 3.05) is 20.3 Å². The van der Waals surface area contributed by atoms with Gasteiger partial charge in [0.05, 0.1) is 25.2 Å². The van der Waals surface area contributed by atoms with Crippen molar-refractivity contribution in [2.24, 2.45) is 5.92 Å². The number of carbonyl (C=O) groups excluding carboxylic acids is 1. The molecule has 2 aromatic rings. The number of carboxylic acid groups (broad SMARTS) is 1. The van der Waals surface area contributed by atoms with E-state index < -0.39 is 11.9 Å². The second kappa shape index (κ2) is 8.41. The molecule has 1 aliphatic heterocycles. The van der Waals surface area contributed by atoms with Gasteiger partial charge in [-0.15, -0.1) is 0 Å². The quantitative estimate of drug-likeness (QED) is 0.774. The minimum Gasteiger partial charge on any atom is -0.497 e. The van der Waals surface area contributed by atoms with Crippen LogP contribution < -0.4 is 10.1 Å². The van der Waals surface area contributed by atoms with Gasteiger partial charge < -0.3 is 24.4 Å². The largest absolute Gasteiger partial charge is 0.497 e. The first kappa shape index (κ1) is 19.2. The second-order valence-corrected chi connectivity index (χ2v) is 6.63. The lowest BCUT2D eigenvalue weighted by Gasteiger charge is -2.30. The van der Waals surface area contributed by atoms with E-state index in [-0.39, 0.29) is 24.1 Å². The van der Waals surface area contributed by atoms with Crippen LogP contribution in [-0.2, 0) is 9.53 Å². The van der Waals surface area contributed by atoms with Crippen LogP contribution in [0.5, 0.6) is 5.75 Å². The lowest BCUT2D eigenvalue weighted by molar-refractivity contribution is -0.139. The Morgan fingerprint density at radius 2 is 2.22 bits per heavy atom. The van der Waals surface area contributed by atoms with Crippen molar-refractivity contribution in [3.8, 4) is 17.1 Å². The molecule has 1 aliphatic rings. The number of rotatable bonds is 6. The molecule has 2 N–H and O–H groups in total. The molecular formula is C18H19ClN2O6. The number of carboxylic acids is 1. The van der Waals surface area contributed by atoms with Gasteiger partial charge in [0.2, 0.25) is 0 Å². The number of benzene rings is 1. The van der Waals surface area contributed by atoms with Crippen molar-refractivity contribution in [3.05, 3.63) is 35.0 Å². The summed E-state index contributed by atoms with van der Waals surface area (Å²) in [6.07, 6.45) is 0.467. The molecule has 1 saturated heterocycles. The number of amides is 1. The first-order valence-electron chi connectivity index (χ1n) is 8.39. The summed E-state index contributed by atoms with van der Waals surface area (Å²) in [5.74, 6) is -0.700. The summed E-state index contributed by atoms with van der Waals surface area (Å²) < 4.78 is 15.7. The number of aromatic nitrogens is 1. The summed E-state index contributed by atoms with van der Waals surface area (Å²) in [6, 6.07) is 6.27. The number of ether oxygens (including phenoxy) is 2. The molecule has 27 heavy (non-hydrogen) atoms. The summed E-state index contributed by atoms with van der Waals surface area (Å²) in [5, 5.41) is 16.0. The topological polar surface area (TPSA) is 111 Å². The zero-order valence-electron chi connectivity index (χ0n) is 14.6. The standard InChI is InChI=1S/C18H19ClN2O6/c1-25-11-2-3-12(13(19)7-11)16-8-15(21-27-16)18(24)20-14-4-5-26-9-10(14)6-17(22)23/h2-3,7-8,10,14H,4-6,9H2,1H3,(H,20,24)(H,22,23). The maximum atomic E-state index is 12.5. The highest BCUT2D eigenvalue weighted by atomic mass is 35.5. The highest BCUT2D eigenvalue weighted by Gasteiger charge is 2.30. The summed E-state index contributed by atoms with van der Waals surface area (Å²) in [5.41, 5.74) is 0.677. The smallest absolute Gasteiger partial charge is 0.303 e. The number of methoxy groups -OCH3 is 1. The Kier molecular flexibility index (Phi) is 5.98. The fourth-order valence-electron chi connectivity index (χ4n) is 2.99. The summed E-state index contributed by atoms with van der Waals surface area (Å²) in [7, 11) is 1.54. The molecule has 0 radical (unpaired) electrons. The number of nitrogens with one attached hydrogen (secondary N) is 1. The Morgan fingerprint density at radius 1 is 1.41 bits per heavy atom. The average molecular weight is 395 g/mol. The number of aliphatic carboxylic acids is 1. The molecule has 2 atom stereocenters. The maximum absolute atomic E-state index is 12.5. The maximum Gasteiger partial charge on any atom is 0.303 e. The van der Waals surface area contributed by atoms with Gasteiger partial charge in [-0.1, -0.05) is 16.8 Å². The average Bonchev–Trinajstić information content (AvgIpc) is 3.12. The van der Waals surface area contributed by atoms with Crippen molar-refractivity contribution in [1.82, 2.24) is 10.5 Å². The molecule has 1 fully saturated rings. The minimum absolute atomic E-state index is 0.0729. The Hall–Kier alpha value is -2.58. The van der Waals surface area contributed by atoms with E-state index in [2.05, 4.69) is 10.5 Å². The number of hydrogen-bond donors (Lipinski definition) is 2. The molecule has 3 rings (SSSR count). The van der Waals surface area contributed by atoms with E-state index in [9.17, 15) is 9.59 Å². The fourth-order valence-corrected chi connectivity index (χ4v) is 3.25. The Labute approximate surface area is 160 Å². The van der Waals surface area contributed by atoms with Gasteiger partial charge in [0.25, 0.3) is 5.91 Å². The van der Waals surface area contributed by atoms with E-state index in [1.807, 2.05) is 0 Å². The van der Waals surface area contributed by atoms with E-state index in [4.69, 9.17) is 30.7 Å². The molecule has 0 spiro atoms. The van der Waals surface area contributed by atoms with Gasteiger partial charge in [0.1, 0.15) is 5.75 Å². The molecule has 144 valence electrons. The Balaban J connectivity index is 1.72. The van der Waals surface area contributed by atoms with Crippen LogP contribution in [0, 0.1) is 5.92 Å². The van der Waals surface area contributed by atoms with Crippen LogP contribution in [0.25, 0.3) is 11.3 Å². The molecule has 0 aliphatic carbocycles. The molecule has 8 nitrogen and oxygen atoms in total. The van der Waals surface area contributed by atoms with Crippen LogP contribution in [-0.4, -0.2) is 48.5 Å². The molecule has 1 aromatic heterocycles. The van der Waals surface area contributed by atoms with Crippen LogP contribution in [0.3, 0.4) is 0 Å². The third-order valence-corrected chi connectivity index (χ3v) is 4.72. The van der Waals surface area contributed by atoms with Gasteiger partial charge in [-0.3, -0.25) is 9.59 Å². The normalized spacial score (nSPS) is 19.5. The monoisotopic (exact) mass is 394 g/mol. The third kappa shape index (κ3) is 4.58. The van der Waals surface area contributed by atoms with E-state index in [1.165, 1.54) is 13.2 Å². The molecule has 1 amide bonds. The zero-order valence-corrected chi connectivity index (χ0v) is 15.4. The highest BCUT2D eigenvalue weighted by Crippen LogP contribution is 2.31. The van der Waals surface area contributed by atoms with Crippen molar-refractivity contribution < 1.29 is 28.7 Å². The molecule has 0 bridgehead atoms. The SMILES string of the molecule is COc1ccc(-c2cc(C(=O)NC3CCOCC3CC(=O)O)no2)c(Cl)c1. The third-order valence-electron chi connectivity index (χ3n) is 4.41. The van der Waals surface area contributed by atoms with Crippen molar-refractivity contribution in [3.63, 3.8) is 0 Å². The van der Waals surface area contributed by atoms with Gasteiger partial charge in [-0.2, -0.15) is 0 Å². The predicted octanol–water partition coefficient (Wildman–Crippen LogP) is 2.61. The van der Waals surface area contributed by atoms with Gasteiger partial charge in [-0.05, 0) is 24.6 Å². The Morgan fingerprint density at radius 3 is 2.93 bits per heavy atom. The van der Waals surface area contributed by atoms with Crippen LogP contribution in [0.4, 0.5) is 0 Å². The lowest BCUT2D eigenvalue weighted by Crippen LogP contribution is -2.46. The fraction of sp³-hybridized carbons (Fsp3) is 0.389. The first-order valence-corrected chi connectivity index (χ1v) is 8.76. The summed E-state index contributed by atoms with van der Waals surface area (Å²) in [4.78, 5) is 23.5. The predicted molar refractivity (Wildman–Crippen MR) is 95.9 cm³/mol. The molecule has 2 heterocycles. The summed E-state index contributed by atoms with van der Waals surface area (Å²) in [6.45, 7) is 0.759. The molecular weight excluding hydrogens is 376 g/mol. The number of hydrogen-bond acceptors (Lipinski definition) is 6. The molecule has 2 unspecified atom stereocenters. The van der Waals surface area contributed by atoms with Crippen molar-refractivity contribution in [2.45, 2.75) is 18.9 Å². The van der Waals surface area contributed by atoms with Gasteiger partial charge in [0, 0.05) is 30.2 Å². The van der Waals surface area contributed by atoms with Crippen LogP contribution in [0.15, 0.2) is 28.8 Å². The highest BCUT2D eigenvalue weighted by molar-refractivity contribution is 6.33. The molecule has 9 heteroatoms. The van der Waals surface area contributed by atoms with Crippen molar-refractivity contribution >= 4 is 23.5 Å². The van der Waals surface area contributed by atoms with Crippen LogP contribution >= 0.6 is 11.6 Å². The van der Waals surface area contributed by atoms with E-state index in [1.54, 1.807) is 18.2 Å².